The lowest BCUT2D eigenvalue weighted by atomic mass is 9.77. The monoisotopic (exact) mass is 244 g/mol. The molecule has 0 bridgehead atoms. The first-order chi connectivity index (χ1) is 8.84. The molecule has 1 fully saturated rings. The Kier molecular flexibility index (Phi) is 3.33. The van der Waals surface area contributed by atoms with Gasteiger partial charge >= 0.3 is 0 Å². The molecule has 2 atom stereocenters. The van der Waals surface area contributed by atoms with E-state index in [4.69, 9.17) is 0 Å². The minimum absolute atomic E-state index is 0.175. The minimum Gasteiger partial charge on any atom is -0.355 e. The van der Waals surface area contributed by atoms with Gasteiger partial charge in [0.1, 0.15) is 0 Å². The molecule has 1 aliphatic heterocycles. The van der Waals surface area contributed by atoms with Gasteiger partial charge in [0.25, 0.3) is 0 Å². The predicted molar refractivity (Wildman–Crippen MR) is 71.5 cm³/mol. The highest BCUT2D eigenvalue weighted by Crippen LogP contribution is 2.34. The molecule has 3 rings (SSSR count). The van der Waals surface area contributed by atoms with Crippen molar-refractivity contribution in [3.8, 4) is 0 Å². The maximum absolute atomic E-state index is 12.0. The summed E-state index contributed by atoms with van der Waals surface area (Å²) in [5.74, 6) is 0.933. The van der Waals surface area contributed by atoms with Crippen LogP contribution in [0.5, 0.6) is 0 Å². The van der Waals surface area contributed by atoms with E-state index in [0.29, 0.717) is 5.92 Å². The second kappa shape index (κ2) is 5.11. The number of fused-ring (bicyclic) bond motifs is 1. The van der Waals surface area contributed by atoms with Crippen molar-refractivity contribution >= 4 is 5.91 Å². The van der Waals surface area contributed by atoms with E-state index < -0.39 is 0 Å². The number of hydrogen-bond acceptors (Lipinski definition) is 2. The quantitative estimate of drug-likeness (QED) is 0.845. The first-order valence-electron chi connectivity index (χ1n) is 6.91. The lowest BCUT2D eigenvalue weighted by Crippen LogP contribution is -2.42. The summed E-state index contributed by atoms with van der Waals surface area (Å²) in [6.45, 7) is 2.69. The zero-order valence-electron chi connectivity index (χ0n) is 10.6. The standard InChI is InChI=1S/C15H20N2O/c18-15(12-5-3-7-16-9-12)17-10-13-8-11-4-1-2-6-14(11)13/h1-2,4,6,12-13,16H,3,5,7-10H2,(H,17,18)/t12-,13?/m1/s1. The van der Waals surface area contributed by atoms with Crippen LogP contribution in [0.2, 0.25) is 0 Å². The molecule has 1 aromatic carbocycles. The van der Waals surface area contributed by atoms with Gasteiger partial charge in [-0.25, -0.2) is 0 Å². The summed E-state index contributed by atoms with van der Waals surface area (Å²) in [7, 11) is 0. The summed E-state index contributed by atoms with van der Waals surface area (Å²) in [6.07, 6.45) is 3.25. The summed E-state index contributed by atoms with van der Waals surface area (Å²) in [5.41, 5.74) is 2.86. The van der Waals surface area contributed by atoms with Crippen molar-refractivity contribution in [3.63, 3.8) is 0 Å². The van der Waals surface area contributed by atoms with E-state index in [-0.39, 0.29) is 11.8 Å². The second-order valence-electron chi connectivity index (χ2n) is 5.39. The minimum atomic E-state index is 0.175. The van der Waals surface area contributed by atoms with Gasteiger partial charge in [0.2, 0.25) is 5.91 Å². The predicted octanol–water partition coefficient (Wildman–Crippen LogP) is 1.44. The van der Waals surface area contributed by atoms with E-state index in [0.717, 1.165) is 38.9 Å². The van der Waals surface area contributed by atoms with Gasteiger partial charge in [0, 0.05) is 19.0 Å². The van der Waals surface area contributed by atoms with Crippen molar-refractivity contribution in [1.82, 2.24) is 10.6 Å². The number of hydrogen-bond donors (Lipinski definition) is 2. The third-order valence-corrected chi connectivity index (χ3v) is 4.15. The van der Waals surface area contributed by atoms with Crippen molar-refractivity contribution in [2.75, 3.05) is 19.6 Å². The van der Waals surface area contributed by atoms with Crippen LogP contribution >= 0.6 is 0 Å². The second-order valence-corrected chi connectivity index (χ2v) is 5.39. The highest BCUT2D eigenvalue weighted by atomic mass is 16.1. The first-order valence-corrected chi connectivity index (χ1v) is 6.91. The van der Waals surface area contributed by atoms with Crippen LogP contribution < -0.4 is 10.6 Å². The highest BCUT2D eigenvalue weighted by Gasteiger charge is 2.27. The summed E-state index contributed by atoms with van der Waals surface area (Å²) in [4.78, 5) is 12.0. The first kappa shape index (κ1) is 11.7. The Morgan fingerprint density at radius 2 is 2.28 bits per heavy atom. The van der Waals surface area contributed by atoms with E-state index in [1.54, 1.807) is 0 Å². The Labute approximate surface area is 108 Å². The third-order valence-electron chi connectivity index (χ3n) is 4.15. The molecule has 0 aromatic heterocycles. The summed E-state index contributed by atoms with van der Waals surface area (Å²) in [6, 6.07) is 8.52. The molecule has 2 N–H and O–H groups in total. The largest absolute Gasteiger partial charge is 0.355 e. The van der Waals surface area contributed by atoms with E-state index in [9.17, 15) is 4.79 Å². The number of benzene rings is 1. The van der Waals surface area contributed by atoms with Gasteiger partial charge in [-0.3, -0.25) is 4.79 Å². The van der Waals surface area contributed by atoms with Crippen molar-refractivity contribution in [3.05, 3.63) is 35.4 Å². The number of carbonyl (C=O) groups excluding carboxylic acids is 1. The zero-order valence-corrected chi connectivity index (χ0v) is 10.6. The Morgan fingerprint density at radius 3 is 3.06 bits per heavy atom. The molecule has 0 spiro atoms. The fraction of sp³-hybridized carbons (Fsp3) is 0.533. The Bertz CT molecular complexity index is 438. The molecular weight excluding hydrogens is 224 g/mol. The SMILES string of the molecule is O=C(NCC1Cc2ccccc21)[C@@H]1CCCNC1. The van der Waals surface area contributed by atoms with Crippen molar-refractivity contribution in [1.29, 1.82) is 0 Å². The summed E-state index contributed by atoms with van der Waals surface area (Å²) < 4.78 is 0. The average Bonchev–Trinajstić information content (AvgIpc) is 2.40. The lowest BCUT2D eigenvalue weighted by Gasteiger charge is -2.31. The van der Waals surface area contributed by atoms with Gasteiger partial charge in [-0.1, -0.05) is 24.3 Å². The molecule has 1 aromatic rings. The Balaban J connectivity index is 1.49. The summed E-state index contributed by atoms with van der Waals surface area (Å²) in [5, 5.41) is 6.40. The number of rotatable bonds is 3. The van der Waals surface area contributed by atoms with Crippen LogP contribution in [0.4, 0.5) is 0 Å². The molecule has 1 unspecified atom stereocenters. The van der Waals surface area contributed by atoms with E-state index in [1.807, 2.05) is 0 Å². The molecule has 3 heteroatoms. The molecule has 96 valence electrons. The van der Waals surface area contributed by atoms with Crippen LogP contribution in [0.3, 0.4) is 0 Å². The molecular formula is C15H20N2O. The van der Waals surface area contributed by atoms with Crippen LogP contribution in [0.1, 0.15) is 29.9 Å². The van der Waals surface area contributed by atoms with E-state index >= 15 is 0 Å². The van der Waals surface area contributed by atoms with Gasteiger partial charge < -0.3 is 10.6 Å². The molecule has 0 radical (unpaired) electrons. The maximum atomic E-state index is 12.0. The highest BCUT2D eigenvalue weighted by molar-refractivity contribution is 5.79. The molecule has 1 saturated heterocycles. The number of amides is 1. The molecule has 1 heterocycles. The number of piperidine rings is 1. The third kappa shape index (κ3) is 2.27. The molecule has 18 heavy (non-hydrogen) atoms. The van der Waals surface area contributed by atoms with E-state index in [1.165, 1.54) is 11.1 Å². The van der Waals surface area contributed by atoms with Gasteiger partial charge in [0.05, 0.1) is 5.92 Å². The topological polar surface area (TPSA) is 41.1 Å². The molecule has 2 aliphatic rings. The zero-order chi connectivity index (χ0) is 12.4. The summed E-state index contributed by atoms with van der Waals surface area (Å²) >= 11 is 0. The van der Waals surface area contributed by atoms with Crippen LogP contribution in [0.15, 0.2) is 24.3 Å². The molecule has 0 saturated carbocycles. The molecule has 3 nitrogen and oxygen atoms in total. The van der Waals surface area contributed by atoms with Crippen LogP contribution in [-0.2, 0) is 11.2 Å². The number of nitrogens with one attached hydrogen (secondary N) is 2. The fourth-order valence-electron chi connectivity index (χ4n) is 2.99. The normalized spacial score (nSPS) is 26.0. The van der Waals surface area contributed by atoms with Crippen molar-refractivity contribution in [2.24, 2.45) is 5.92 Å². The molecule has 1 amide bonds. The van der Waals surface area contributed by atoms with Crippen LogP contribution in [0.25, 0.3) is 0 Å². The smallest absolute Gasteiger partial charge is 0.224 e. The number of carbonyl (C=O) groups is 1. The van der Waals surface area contributed by atoms with Crippen LogP contribution in [-0.4, -0.2) is 25.5 Å². The fourth-order valence-corrected chi connectivity index (χ4v) is 2.99. The van der Waals surface area contributed by atoms with E-state index in [2.05, 4.69) is 34.9 Å². The lowest BCUT2D eigenvalue weighted by molar-refractivity contribution is -0.125. The van der Waals surface area contributed by atoms with Gasteiger partial charge in [-0.2, -0.15) is 0 Å². The van der Waals surface area contributed by atoms with Crippen molar-refractivity contribution < 1.29 is 4.79 Å². The van der Waals surface area contributed by atoms with Gasteiger partial charge in [-0.15, -0.1) is 0 Å². The molecule has 1 aliphatic carbocycles. The van der Waals surface area contributed by atoms with Crippen molar-refractivity contribution in [2.45, 2.75) is 25.2 Å². The Morgan fingerprint density at radius 1 is 1.39 bits per heavy atom. The van der Waals surface area contributed by atoms with Gasteiger partial charge in [0.15, 0.2) is 0 Å². The Hall–Kier alpha value is -1.35. The average molecular weight is 244 g/mol. The van der Waals surface area contributed by atoms with Crippen LogP contribution in [0, 0.1) is 5.92 Å². The van der Waals surface area contributed by atoms with Gasteiger partial charge in [-0.05, 0) is 36.9 Å². The maximum Gasteiger partial charge on any atom is 0.224 e.